The Morgan fingerprint density at radius 1 is 1.35 bits per heavy atom. The SMILES string of the molecule is CCCNC(=O)NC(C)COc1ccccc1. The Balaban J connectivity index is 2.21. The lowest BCUT2D eigenvalue weighted by atomic mass is 10.3. The van der Waals surface area contributed by atoms with Crippen molar-refractivity contribution in [2.75, 3.05) is 13.2 Å². The summed E-state index contributed by atoms with van der Waals surface area (Å²) in [5.41, 5.74) is 0. The zero-order chi connectivity index (χ0) is 12.5. The maximum Gasteiger partial charge on any atom is 0.315 e. The molecule has 0 bridgehead atoms. The molecule has 0 spiro atoms. The molecule has 2 amide bonds. The van der Waals surface area contributed by atoms with Gasteiger partial charge in [-0.05, 0) is 25.5 Å². The Morgan fingerprint density at radius 3 is 2.71 bits per heavy atom. The minimum Gasteiger partial charge on any atom is -0.491 e. The van der Waals surface area contributed by atoms with E-state index in [-0.39, 0.29) is 12.1 Å². The molecule has 17 heavy (non-hydrogen) atoms. The van der Waals surface area contributed by atoms with E-state index < -0.39 is 0 Å². The number of urea groups is 1. The molecule has 4 nitrogen and oxygen atoms in total. The van der Waals surface area contributed by atoms with Crippen LogP contribution in [0.25, 0.3) is 0 Å². The third-order valence-corrected chi connectivity index (χ3v) is 2.16. The first-order valence-corrected chi connectivity index (χ1v) is 5.94. The predicted molar refractivity (Wildman–Crippen MR) is 68.2 cm³/mol. The third-order valence-electron chi connectivity index (χ3n) is 2.16. The lowest BCUT2D eigenvalue weighted by Gasteiger charge is -2.15. The monoisotopic (exact) mass is 236 g/mol. The van der Waals surface area contributed by atoms with Crippen LogP contribution in [0.5, 0.6) is 5.75 Å². The first kappa shape index (κ1) is 13.4. The van der Waals surface area contributed by atoms with E-state index in [1.54, 1.807) is 0 Å². The summed E-state index contributed by atoms with van der Waals surface area (Å²) in [7, 11) is 0. The fourth-order valence-electron chi connectivity index (χ4n) is 1.29. The smallest absolute Gasteiger partial charge is 0.315 e. The maximum absolute atomic E-state index is 11.3. The zero-order valence-electron chi connectivity index (χ0n) is 10.4. The van der Waals surface area contributed by atoms with E-state index in [1.165, 1.54) is 0 Å². The van der Waals surface area contributed by atoms with Gasteiger partial charge in [0.1, 0.15) is 12.4 Å². The van der Waals surface area contributed by atoms with Gasteiger partial charge in [-0.15, -0.1) is 0 Å². The molecule has 1 unspecified atom stereocenters. The number of carbonyl (C=O) groups is 1. The number of benzene rings is 1. The molecule has 0 aliphatic rings. The van der Waals surface area contributed by atoms with Crippen LogP contribution in [0.1, 0.15) is 20.3 Å². The molecule has 0 fully saturated rings. The predicted octanol–water partition coefficient (Wildman–Crippen LogP) is 2.16. The molecule has 94 valence electrons. The zero-order valence-corrected chi connectivity index (χ0v) is 10.4. The van der Waals surface area contributed by atoms with Crippen molar-refractivity contribution in [3.8, 4) is 5.75 Å². The van der Waals surface area contributed by atoms with Gasteiger partial charge in [-0.1, -0.05) is 25.1 Å². The van der Waals surface area contributed by atoms with E-state index in [0.29, 0.717) is 13.2 Å². The second kappa shape index (κ2) is 7.54. The Bertz CT molecular complexity index is 327. The lowest BCUT2D eigenvalue weighted by molar-refractivity contribution is 0.226. The van der Waals surface area contributed by atoms with Gasteiger partial charge in [0.2, 0.25) is 0 Å². The second-order valence-corrected chi connectivity index (χ2v) is 3.93. The van der Waals surface area contributed by atoms with Crippen LogP contribution in [0.3, 0.4) is 0 Å². The van der Waals surface area contributed by atoms with Crippen LogP contribution in [-0.2, 0) is 0 Å². The van der Waals surface area contributed by atoms with Gasteiger partial charge in [-0.3, -0.25) is 0 Å². The van der Waals surface area contributed by atoms with Gasteiger partial charge in [0.15, 0.2) is 0 Å². The molecule has 0 aromatic heterocycles. The highest BCUT2D eigenvalue weighted by molar-refractivity contribution is 5.74. The molecule has 2 N–H and O–H groups in total. The molecule has 1 rings (SSSR count). The average Bonchev–Trinajstić information content (AvgIpc) is 2.35. The Labute approximate surface area is 102 Å². The molecule has 4 heteroatoms. The van der Waals surface area contributed by atoms with Crippen LogP contribution >= 0.6 is 0 Å². The molecule has 0 saturated heterocycles. The standard InChI is InChI=1S/C13H20N2O2/c1-3-9-14-13(16)15-11(2)10-17-12-7-5-4-6-8-12/h4-8,11H,3,9-10H2,1-2H3,(H2,14,15,16). The molecule has 1 aromatic rings. The van der Waals surface area contributed by atoms with Gasteiger partial charge in [0.25, 0.3) is 0 Å². The highest BCUT2D eigenvalue weighted by atomic mass is 16.5. The number of hydrogen-bond donors (Lipinski definition) is 2. The minimum absolute atomic E-state index is 0.0212. The fourth-order valence-corrected chi connectivity index (χ4v) is 1.29. The Kier molecular flexibility index (Phi) is 5.93. The van der Waals surface area contributed by atoms with Gasteiger partial charge in [-0.2, -0.15) is 0 Å². The summed E-state index contributed by atoms with van der Waals surface area (Å²) in [5, 5.41) is 5.57. The van der Waals surface area contributed by atoms with Crippen LogP contribution < -0.4 is 15.4 Å². The van der Waals surface area contributed by atoms with Gasteiger partial charge in [0.05, 0.1) is 6.04 Å². The molecular formula is C13H20N2O2. The van der Waals surface area contributed by atoms with Crippen LogP contribution in [-0.4, -0.2) is 25.2 Å². The van der Waals surface area contributed by atoms with E-state index in [0.717, 1.165) is 12.2 Å². The summed E-state index contributed by atoms with van der Waals surface area (Å²) in [6.07, 6.45) is 0.933. The van der Waals surface area contributed by atoms with E-state index in [2.05, 4.69) is 10.6 Å². The largest absolute Gasteiger partial charge is 0.491 e. The molecule has 1 atom stereocenters. The summed E-state index contributed by atoms with van der Waals surface area (Å²) in [4.78, 5) is 11.3. The summed E-state index contributed by atoms with van der Waals surface area (Å²) < 4.78 is 5.53. The van der Waals surface area contributed by atoms with Crippen molar-refractivity contribution in [1.29, 1.82) is 0 Å². The highest BCUT2D eigenvalue weighted by Gasteiger charge is 2.06. The van der Waals surface area contributed by atoms with Crippen LogP contribution in [0.4, 0.5) is 4.79 Å². The van der Waals surface area contributed by atoms with Crippen molar-refractivity contribution in [2.45, 2.75) is 26.3 Å². The van der Waals surface area contributed by atoms with Crippen molar-refractivity contribution in [3.05, 3.63) is 30.3 Å². The quantitative estimate of drug-likeness (QED) is 0.795. The van der Waals surface area contributed by atoms with Gasteiger partial charge >= 0.3 is 6.03 Å². The van der Waals surface area contributed by atoms with Crippen LogP contribution in [0.15, 0.2) is 30.3 Å². The number of amides is 2. The van der Waals surface area contributed by atoms with Crippen molar-refractivity contribution in [2.24, 2.45) is 0 Å². The molecule has 1 aromatic carbocycles. The van der Waals surface area contributed by atoms with E-state index >= 15 is 0 Å². The molecule has 0 saturated carbocycles. The van der Waals surface area contributed by atoms with Gasteiger partial charge in [0, 0.05) is 6.54 Å². The first-order valence-electron chi connectivity index (χ1n) is 5.94. The summed E-state index contributed by atoms with van der Waals surface area (Å²) in [6.45, 7) is 5.08. The lowest BCUT2D eigenvalue weighted by Crippen LogP contribution is -2.43. The van der Waals surface area contributed by atoms with Gasteiger partial charge in [-0.25, -0.2) is 4.79 Å². The topological polar surface area (TPSA) is 50.4 Å². The highest BCUT2D eigenvalue weighted by Crippen LogP contribution is 2.08. The van der Waals surface area contributed by atoms with E-state index in [1.807, 2.05) is 44.2 Å². The third kappa shape index (κ3) is 5.80. The Hall–Kier alpha value is -1.71. The molecule has 0 aliphatic carbocycles. The Morgan fingerprint density at radius 2 is 2.06 bits per heavy atom. The first-order chi connectivity index (χ1) is 8.22. The number of carbonyl (C=O) groups excluding carboxylic acids is 1. The average molecular weight is 236 g/mol. The number of nitrogens with one attached hydrogen (secondary N) is 2. The summed E-state index contributed by atoms with van der Waals surface area (Å²) in [5.74, 6) is 0.815. The van der Waals surface area contributed by atoms with Crippen molar-refractivity contribution >= 4 is 6.03 Å². The van der Waals surface area contributed by atoms with Crippen molar-refractivity contribution < 1.29 is 9.53 Å². The number of rotatable bonds is 6. The fraction of sp³-hybridized carbons (Fsp3) is 0.462. The number of ether oxygens (including phenoxy) is 1. The van der Waals surface area contributed by atoms with Crippen LogP contribution in [0, 0.1) is 0 Å². The molecule has 0 radical (unpaired) electrons. The summed E-state index contributed by atoms with van der Waals surface area (Å²) >= 11 is 0. The van der Waals surface area contributed by atoms with E-state index in [4.69, 9.17) is 4.74 Å². The van der Waals surface area contributed by atoms with Gasteiger partial charge < -0.3 is 15.4 Å². The van der Waals surface area contributed by atoms with Crippen molar-refractivity contribution in [3.63, 3.8) is 0 Å². The van der Waals surface area contributed by atoms with Crippen LogP contribution in [0.2, 0.25) is 0 Å². The summed E-state index contributed by atoms with van der Waals surface area (Å²) in [6, 6.07) is 9.39. The number of hydrogen-bond acceptors (Lipinski definition) is 2. The normalized spacial score (nSPS) is 11.6. The number of para-hydroxylation sites is 1. The molecule has 0 heterocycles. The second-order valence-electron chi connectivity index (χ2n) is 3.93. The van der Waals surface area contributed by atoms with Crippen molar-refractivity contribution in [1.82, 2.24) is 10.6 Å². The molecule has 0 aliphatic heterocycles. The minimum atomic E-state index is -0.143. The maximum atomic E-state index is 11.3. The molecular weight excluding hydrogens is 216 g/mol. The van der Waals surface area contributed by atoms with E-state index in [9.17, 15) is 4.79 Å².